The molecule has 0 saturated carbocycles. The lowest BCUT2D eigenvalue weighted by Crippen LogP contribution is -2.37. The number of ether oxygens (including phenoxy) is 1. The van der Waals surface area contributed by atoms with Crippen LogP contribution in [0.1, 0.15) is 11.1 Å². The third-order valence-corrected chi connectivity index (χ3v) is 3.94. The van der Waals surface area contributed by atoms with E-state index in [0.717, 1.165) is 15.7 Å². The van der Waals surface area contributed by atoms with Crippen molar-refractivity contribution in [2.24, 2.45) is 0 Å². The Morgan fingerprint density at radius 3 is 2.48 bits per heavy atom. The zero-order valence-corrected chi connectivity index (χ0v) is 15.3. The molecule has 2 rings (SSSR count). The Labute approximate surface area is 149 Å². The van der Waals surface area contributed by atoms with E-state index in [9.17, 15) is 4.79 Å². The summed E-state index contributed by atoms with van der Waals surface area (Å²) in [6.45, 7) is 3.93. The molecule has 0 spiro atoms. The fraction of sp³-hybridized carbons (Fsp3) is 0.176. The first kappa shape index (κ1) is 17.4. The van der Waals surface area contributed by atoms with Crippen LogP contribution in [0, 0.1) is 13.8 Å². The molecule has 0 bridgehead atoms. The minimum absolute atomic E-state index is 0.0926. The Kier molecular flexibility index (Phi) is 6.12. The van der Waals surface area contributed by atoms with Crippen LogP contribution in [0.3, 0.4) is 0 Å². The molecular weight excluding hydrogens is 376 g/mol. The van der Waals surface area contributed by atoms with E-state index in [4.69, 9.17) is 17.0 Å². The standard InChI is InChI=1S/C17H17BrN2O2S/c1-11-3-8-15(9-12(11)2)22-10-16(21)20-17(23)19-14-6-4-13(18)5-7-14/h3-9H,10H2,1-2H3,(H2,19,20,21,23). The molecule has 0 aliphatic rings. The molecule has 0 unspecified atom stereocenters. The fourth-order valence-corrected chi connectivity index (χ4v) is 2.31. The number of carbonyl (C=O) groups excluding carboxylic acids is 1. The van der Waals surface area contributed by atoms with Gasteiger partial charge in [-0.3, -0.25) is 10.1 Å². The summed E-state index contributed by atoms with van der Waals surface area (Å²) >= 11 is 8.46. The van der Waals surface area contributed by atoms with Gasteiger partial charge in [0.05, 0.1) is 0 Å². The van der Waals surface area contributed by atoms with Crippen molar-refractivity contribution >= 4 is 44.9 Å². The first-order chi connectivity index (χ1) is 10.9. The molecule has 23 heavy (non-hydrogen) atoms. The Morgan fingerprint density at radius 1 is 1.13 bits per heavy atom. The van der Waals surface area contributed by atoms with Crippen LogP contribution < -0.4 is 15.4 Å². The van der Waals surface area contributed by atoms with Gasteiger partial charge in [0.15, 0.2) is 11.7 Å². The molecule has 0 atom stereocenters. The van der Waals surface area contributed by atoms with Gasteiger partial charge in [-0.15, -0.1) is 0 Å². The zero-order chi connectivity index (χ0) is 16.8. The van der Waals surface area contributed by atoms with E-state index < -0.39 is 0 Å². The van der Waals surface area contributed by atoms with Crippen molar-refractivity contribution in [3.8, 4) is 5.75 Å². The maximum atomic E-state index is 11.9. The summed E-state index contributed by atoms with van der Waals surface area (Å²) in [5.41, 5.74) is 3.10. The number of thiocarbonyl (C=S) groups is 1. The Balaban J connectivity index is 1.80. The Morgan fingerprint density at radius 2 is 1.83 bits per heavy atom. The van der Waals surface area contributed by atoms with Gasteiger partial charge in [0, 0.05) is 10.2 Å². The van der Waals surface area contributed by atoms with Gasteiger partial charge in [-0.2, -0.15) is 0 Å². The quantitative estimate of drug-likeness (QED) is 0.773. The lowest BCUT2D eigenvalue weighted by Gasteiger charge is -2.11. The van der Waals surface area contributed by atoms with Gasteiger partial charge in [0.25, 0.3) is 5.91 Å². The molecule has 2 N–H and O–H groups in total. The number of nitrogens with one attached hydrogen (secondary N) is 2. The molecule has 4 nitrogen and oxygen atoms in total. The van der Waals surface area contributed by atoms with Crippen LogP contribution in [0.15, 0.2) is 46.9 Å². The maximum Gasteiger partial charge on any atom is 0.264 e. The van der Waals surface area contributed by atoms with Crippen molar-refractivity contribution in [3.05, 3.63) is 58.1 Å². The summed E-state index contributed by atoms with van der Waals surface area (Å²) in [5, 5.41) is 5.76. The lowest BCUT2D eigenvalue weighted by atomic mass is 10.1. The molecule has 0 aromatic heterocycles. The van der Waals surface area contributed by atoms with Crippen molar-refractivity contribution < 1.29 is 9.53 Å². The van der Waals surface area contributed by atoms with E-state index in [-0.39, 0.29) is 17.6 Å². The van der Waals surface area contributed by atoms with E-state index >= 15 is 0 Å². The molecular formula is C17H17BrN2O2S. The van der Waals surface area contributed by atoms with Crippen LogP contribution in [-0.4, -0.2) is 17.6 Å². The maximum absolute atomic E-state index is 11.9. The van der Waals surface area contributed by atoms with Crippen LogP contribution in [0.25, 0.3) is 0 Å². The van der Waals surface area contributed by atoms with E-state index in [1.54, 1.807) is 0 Å². The summed E-state index contributed by atoms with van der Waals surface area (Å²) in [7, 11) is 0. The van der Waals surface area contributed by atoms with Crippen LogP contribution in [0.2, 0.25) is 0 Å². The van der Waals surface area contributed by atoms with Gasteiger partial charge in [-0.1, -0.05) is 22.0 Å². The minimum atomic E-state index is -0.308. The topological polar surface area (TPSA) is 50.4 Å². The molecule has 0 radical (unpaired) electrons. The van der Waals surface area contributed by atoms with E-state index in [2.05, 4.69) is 26.6 Å². The number of halogens is 1. The van der Waals surface area contributed by atoms with Crippen LogP contribution in [0.4, 0.5) is 5.69 Å². The van der Waals surface area contributed by atoms with Gasteiger partial charge in [-0.25, -0.2) is 0 Å². The molecule has 2 aromatic rings. The highest BCUT2D eigenvalue weighted by Gasteiger charge is 2.06. The first-order valence-electron chi connectivity index (χ1n) is 7.00. The Bertz CT molecular complexity index is 717. The Hall–Kier alpha value is -1.92. The normalized spacial score (nSPS) is 10.0. The van der Waals surface area contributed by atoms with E-state index in [0.29, 0.717) is 5.75 Å². The fourth-order valence-electron chi connectivity index (χ4n) is 1.81. The molecule has 120 valence electrons. The van der Waals surface area contributed by atoms with Gasteiger partial charge < -0.3 is 10.1 Å². The molecule has 6 heteroatoms. The van der Waals surface area contributed by atoms with Crippen molar-refractivity contribution in [1.82, 2.24) is 5.32 Å². The van der Waals surface area contributed by atoms with Gasteiger partial charge >= 0.3 is 0 Å². The summed E-state index contributed by atoms with van der Waals surface area (Å²) < 4.78 is 6.44. The van der Waals surface area contributed by atoms with Gasteiger partial charge in [0.2, 0.25) is 0 Å². The second kappa shape index (κ2) is 8.08. The molecule has 2 aromatic carbocycles. The summed E-state index contributed by atoms with van der Waals surface area (Å²) in [6, 6.07) is 13.2. The highest BCUT2D eigenvalue weighted by Crippen LogP contribution is 2.16. The molecule has 0 heterocycles. The SMILES string of the molecule is Cc1ccc(OCC(=O)NC(=S)Nc2ccc(Br)cc2)cc1C. The van der Waals surface area contributed by atoms with Crippen molar-refractivity contribution in [1.29, 1.82) is 0 Å². The third kappa shape index (κ3) is 5.65. The molecule has 1 amide bonds. The average molecular weight is 393 g/mol. The van der Waals surface area contributed by atoms with Crippen LogP contribution >= 0.6 is 28.1 Å². The highest BCUT2D eigenvalue weighted by molar-refractivity contribution is 9.10. The largest absolute Gasteiger partial charge is 0.484 e. The van der Waals surface area contributed by atoms with Gasteiger partial charge in [0.1, 0.15) is 5.75 Å². The minimum Gasteiger partial charge on any atom is -0.484 e. The number of carbonyl (C=O) groups is 1. The van der Waals surface area contributed by atoms with E-state index in [1.807, 2.05) is 56.3 Å². The number of rotatable bonds is 4. The molecule has 0 aliphatic heterocycles. The molecule has 0 saturated heterocycles. The molecule has 0 aliphatic carbocycles. The second-order valence-corrected chi connectivity index (χ2v) is 6.37. The van der Waals surface area contributed by atoms with Crippen molar-refractivity contribution in [3.63, 3.8) is 0 Å². The van der Waals surface area contributed by atoms with Crippen molar-refractivity contribution in [2.45, 2.75) is 13.8 Å². The van der Waals surface area contributed by atoms with Gasteiger partial charge in [-0.05, 0) is 73.6 Å². The zero-order valence-electron chi connectivity index (χ0n) is 12.9. The molecule has 0 fully saturated rings. The summed E-state index contributed by atoms with van der Waals surface area (Å²) in [4.78, 5) is 11.9. The number of anilines is 1. The third-order valence-electron chi connectivity index (χ3n) is 3.20. The number of benzene rings is 2. The predicted molar refractivity (Wildman–Crippen MR) is 99.9 cm³/mol. The lowest BCUT2D eigenvalue weighted by molar-refractivity contribution is -0.121. The van der Waals surface area contributed by atoms with Crippen molar-refractivity contribution in [2.75, 3.05) is 11.9 Å². The highest BCUT2D eigenvalue weighted by atomic mass is 79.9. The average Bonchev–Trinajstić information content (AvgIpc) is 2.51. The number of amides is 1. The first-order valence-corrected chi connectivity index (χ1v) is 8.20. The smallest absolute Gasteiger partial charge is 0.264 e. The predicted octanol–water partition coefficient (Wildman–Crippen LogP) is 3.96. The number of hydrogen-bond donors (Lipinski definition) is 2. The second-order valence-electron chi connectivity index (χ2n) is 5.04. The monoisotopic (exact) mass is 392 g/mol. The number of hydrogen-bond acceptors (Lipinski definition) is 3. The summed E-state index contributed by atoms with van der Waals surface area (Å²) in [5.74, 6) is 0.355. The summed E-state index contributed by atoms with van der Waals surface area (Å²) in [6.07, 6.45) is 0. The van der Waals surface area contributed by atoms with E-state index in [1.165, 1.54) is 5.56 Å². The van der Waals surface area contributed by atoms with Crippen LogP contribution in [-0.2, 0) is 4.79 Å². The van der Waals surface area contributed by atoms with Crippen LogP contribution in [0.5, 0.6) is 5.75 Å². The number of aryl methyl sites for hydroxylation is 2.